The van der Waals surface area contributed by atoms with Crippen LogP contribution in [0.4, 0.5) is 10.1 Å². The van der Waals surface area contributed by atoms with Gasteiger partial charge < -0.3 is 16.0 Å². The first-order valence-electron chi connectivity index (χ1n) is 10.2. The van der Waals surface area contributed by atoms with Crippen LogP contribution in [0.5, 0.6) is 0 Å². The molecule has 2 aromatic rings. The predicted octanol–water partition coefficient (Wildman–Crippen LogP) is 4.79. The zero-order chi connectivity index (χ0) is 21.1. The maximum atomic E-state index is 14.7. The zero-order valence-electron chi connectivity index (χ0n) is 16.9. The number of hydrogen-bond acceptors (Lipinski definition) is 3. The third-order valence-electron chi connectivity index (χ3n) is 5.69. The fourth-order valence-corrected chi connectivity index (χ4v) is 4.20. The molecule has 2 aliphatic heterocycles. The van der Waals surface area contributed by atoms with E-state index in [9.17, 15) is 9.18 Å². The van der Waals surface area contributed by atoms with E-state index in [1.54, 1.807) is 12.1 Å². The minimum absolute atomic E-state index is 0.284. The topological polar surface area (TPSA) is 53.2 Å². The fourth-order valence-electron chi connectivity index (χ4n) is 3.91. The van der Waals surface area contributed by atoms with Gasteiger partial charge in [-0.05, 0) is 73.3 Å². The number of hydrogen-bond donors (Lipinski definition) is 3. The van der Waals surface area contributed by atoms with Gasteiger partial charge in [-0.15, -0.1) is 0 Å². The van der Waals surface area contributed by atoms with Crippen LogP contribution in [-0.4, -0.2) is 32.1 Å². The molecule has 30 heavy (non-hydrogen) atoms. The van der Waals surface area contributed by atoms with Crippen molar-refractivity contribution in [2.45, 2.75) is 19.8 Å². The molecule has 0 atom stereocenters. The van der Waals surface area contributed by atoms with E-state index >= 15 is 0 Å². The fraction of sp³-hybridized carbons (Fsp3) is 0.292. The highest BCUT2D eigenvalue weighted by Crippen LogP contribution is 2.34. The Balaban J connectivity index is 1.54. The summed E-state index contributed by atoms with van der Waals surface area (Å²) in [4.78, 5) is 12.7. The van der Waals surface area contributed by atoms with Gasteiger partial charge in [-0.3, -0.25) is 4.79 Å². The van der Waals surface area contributed by atoms with E-state index in [1.165, 1.54) is 11.6 Å². The minimum atomic E-state index is -0.376. The van der Waals surface area contributed by atoms with E-state index < -0.39 is 0 Å². The molecule has 2 heterocycles. The highest BCUT2D eigenvalue weighted by atomic mass is 35.5. The van der Waals surface area contributed by atoms with Gasteiger partial charge in [0.25, 0.3) is 5.91 Å². The second-order valence-electron chi connectivity index (χ2n) is 7.62. The summed E-state index contributed by atoms with van der Waals surface area (Å²) in [6, 6.07) is 8.46. The first kappa shape index (κ1) is 20.8. The molecular weight excluding hydrogens is 401 g/mol. The first-order chi connectivity index (χ1) is 14.5. The highest BCUT2D eigenvalue weighted by Gasteiger charge is 2.17. The molecule has 4 nitrogen and oxygen atoms in total. The van der Waals surface area contributed by atoms with Crippen molar-refractivity contribution in [1.29, 1.82) is 0 Å². The summed E-state index contributed by atoms with van der Waals surface area (Å²) in [5.41, 5.74) is 5.47. The van der Waals surface area contributed by atoms with E-state index in [-0.39, 0.29) is 17.3 Å². The Morgan fingerprint density at radius 3 is 2.23 bits per heavy atom. The van der Waals surface area contributed by atoms with Crippen LogP contribution in [0, 0.1) is 12.7 Å². The molecule has 1 amide bonds. The van der Waals surface area contributed by atoms with Crippen LogP contribution in [0.3, 0.4) is 0 Å². The second-order valence-corrected chi connectivity index (χ2v) is 7.99. The summed E-state index contributed by atoms with van der Waals surface area (Å²) in [6.45, 7) is 5.21. The standard InChI is InChI=1S/C24H25ClFN3O/c1-15-22(5-4-20(23(15)25)17-8-12-28-13-9-17)29-24(30)18-2-3-19(21(26)14-18)16-6-10-27-11-7-16/h2-6,8,14,27-28H,7,9-13H2,1H3,(H,29,30). The number of carbonyl (C=O) groups excluding carboxylic acids is 1. The largest absolute Gasteiger partial charge is 0.322 e. The summed E-state index contributed by atoms with van der Waals surface area (Å²) in [5.74, 6) is -0.730. The normalized spacial score (nSPS) is 16.6. The number of amides is 1. The maximum Gasteiger partial charge on any atom is 0.255 e. The number of carbonyl (C=O) groups is 1. The Bertz CT molecular complexity index is 1040. The molecule has 0 aliphatic carbocycles. The molecule has 156 valence electrons. The van der Waals surface area contributed by atoms with Crippen LogP contribution in [0.15, 0.2) is 42.5 Å². The Morgan fingerprint density at radius 1 is 1.00 bits per heavy atom. The van der Waals surface area contributed by atoms with Crippen molar-refractivity contribution >= 4 is 34.3 Å². The first-order valence-corrected chi connectivity index (χ1v) is 10.6. The molecule has 2 aliphatic rings. The maximum absolute atomic E-state index is 14.7. The smallest absolute Gasteiger partial charge is 0.255 e. The summed E-state index contributed by atoms with van der Waals surface area (Å²) >= 11 is 6.61. The number of rotatable bonds is 4. The van der Waals surface area contributed by atoms with Crippen molar-refractivity contribution in [3.63, 3.8) is 0 Å². The lowest BCUT2D eigenvalue weighted by atomic mass is 9.97. The van der Waals surface area contributed by atoms with E-state index in [4.69, 9.17) is 11.6 Å². The van der Waals surface area contributed by atoms with Crippen LogP contribution >= 0.6 is 11.6 Å². The third kappa shape index (κ3) is 4.33. The third-order valence-corrected chi connectivity index (χ3v) is 6.17. The molecule has 0 spiro atoms. The molecule has 2 aromatic carbocycles. The molecule has 0 bridgehead atoms. The van der Waals surface area contributed by atoms with Crippen LogP contribution in [0.2, 0.25) is 5.02 Å². The van der Waals surface area contributed by atoms with Crippen molar-refractivity contribution in [3.05, 3.63) is 75.6 Å². The van der Waals surface area contributed by atoms with Gasteiger partial charge in [-0.2, -0.15) is 0 Å². The number of nitrogens with one attached hydrogen (secondary N) is 3. The summed E-state index contributed by atoms with van der Waals surface area (Å²) in [6.07, 6.45) is 5.83. The number of anilines is 1. The lowest BCUT2D eigenvalue weighted by Gasteiger charge is -2.18. The van der Waals surface area contributed by atoms with Gasteiger partial charge in [0.15, 0.2) is 0 Å². The molecule has 3 N–H and O–H groups in total. The van der Waals surface area contributed by atoms with Crippen LogP contribution in [0.1, 0.15) is 39.9 Å². The van der Waals surface area contributed by atoms with Gasteiger partial charge in [0, 0.05) is 29.9 Å². The van der Waals surface area contributed by atoms with E-state index in [1.807, 2.05) is 25.1 Å². The molecule has 6 heteroatoms. The Hall–Kier alpha value is -2.47. The lowest BCUT2D eigenvalue weighted by Crippen LogP contribution is -2.20. The van der Waals surface area contributed by atoms with Crippen molar-refractivity contribution in [2.24, 2.45) is 0 Å². The van der Waals surface area contributed by atoms with Gasteiger partial charge >= 0.3 is 0 Å². The Morgan fingerprint density at radius 2 is 1.63 bits per heavy atom. The Labute approximate surface area is 181 Å². The number of halogens is 2. The van der Waals surface area contributed by atoms with Crippen molar-refractivity contribution in [2.75, 3.05) is 31.5 Å². The zero-order valence-corrected chi connectivity index (χ0v) is 17.7. The van der Waals surface area contributed by atoms with Crippen LogP contribution in [-0.2, 0) is 0 Å². The molecule has 0 fully saturated rings. The molecule has 0 saturated heterocycles. The monoisotopic (exact) mass is 425 g/mol. The van der Waals surface area contributed by atoms with Gasteiger partial charge in [0.2, 0.25) is 0 Å². The summed E-state index contributed by atoms with van der Waals surface area (Å²) in [7, 11) is 0. The average Bonchev–Trinajstić information content (AvgIpc) is 2.78. The van der Waals surface area contributed by atoms with Crippen molar-refractivity contribution in [3.8, 4) is 0 Å². The van der Waals surface area contributed by atoms with Gasteiger partial charge in [-0.25, -0.2) is 4.39 Å². The Kier molecular flexibility index (Phi) is 6.32. The van der Waals surface area contributed by atoms with Crippen molar-refractivity contribution in [1.82, 2.24) is 10.6 Å². The molecule has 4 rings (SSSR count). The second kappa shape index (κ2) is 9.13. The van der Waals surface area contributed by atoms with Crippen LogP contribution in [0.25, 0.3) is 11.1 Å². The highest BCUT2D eigenvalue weighted by molar-refractivity contribution is 6.33. The predicted molar refractivity (Wildman–Crippen MR) is 121 cm³/mol. The molecule has 0 radical (unpaired) electrons. The van der Waals surface area contributed by atoms with Crippen LogP contribution < -0.4 is 16.0 Å². The SMILES string of the molecule is Cc1c(NC(=O)c2ccc(C3=CCNCC3)c(F)c2)ccc(C2=CCNCC2)c1Cl. The van der Waals surface area contributed by atoms with Crippen molar-refractivity contribution < 1.29 is 9.18 Å². The number of benzene rings is 2. The molecular formula is C24H25ClFN3O. The molecule has 0 saturated carbocycles. The van der Waals surface area contributed by atoms with Gasteiger partial charge in [0.1, 0.15) is 5.82 Å². The van der Waals surface area contributed by atoms with Gasteiger partial charge in [0.05, 0.1) is 5.02 Å². The van der Waals surface area contributed by atoms with E-state index in [0.29, 0.717) is 16.3 Å². The van der Waals surface area contributed by atoms with E-state index in [0.717, 1.165) is 55.7 Å². The molecule has 0 aromatic heterocycles. The summed E-state index contributed by atoms with van der Waals surface area (Å²) < 4.78 is 14.7. The quantitative estimate of drug-likeness (QED) is 0.660. The average molecular weight is 426 g/mol. The van der Waals surface area contributed by atoms with E-state index in [2.05, 4.69) is 22.0 Å². The summed E-state index contributed by atoms with van der Waals surface area (Å²) in [5, 5.41) is 10.0. The lowest BCUT2D eigenvalue weighted by molar-refractivity contribution is 0.102. The minimum Gasteiger partial charge on any atom is -0.322 e. The van der Waals surface area contributed by atoms with Gasteiger partial charge in [-0.1, -0.05) is 35.9 Å². The molecule has 0 unspecified atom stereocenters.